The van der Waals surface area contributed by atoms with Gasteiger partial charge < -0.3 is 10.6 Å². The summed E-state index contributed by atoms with van der Waals surface area (Å²) in [5, 5.41) is 4.21. The van der Waals surface area contributed by atoms with Crippen LogP contribution in [-0.2, 0) is 11.3 Å². The number of hydrogen-bond acceptors (Lipinski definition) is 3. The molecule has 1 heterocycles. The van der Waals surface area contributed by atoms with Crippen molar-refractivity contribution in [3.05, 3.63) is 11.4 Å². The quantitative estimate of drug-likeness (QED) is 0.792. The maximum absolute atomic E-state index is 11.6. The molecule has 0 saturated carbocycles. The molecule has 15 heavy (non-hydrogen) atoms. The molecule has 5 heteroatoms. The van der Waals surface area contributed by atoms with Crippen LogP contribution in [0.4, 0.5) is 5.69 Å². The molecule has 1 amide bonds. The van der Waals surface area contributed by atoms with Gasteiger partial charge >= 0.3 is 0 Å². The molecule has 84 valence electrons. The van der Waals surface area contributed by atoms with E-state index in [0.717, 1.165) is 11.4 Å². The van der Waals surface area contributed by atoms with Crippen molar-refractivity contribution < 1.29 is 4.79 Å². The Bertz CT molecular complexity index is 370. The highest BCUT2D eigenvalue weighted by atomic mass is 16.2. The van der Waals surface area contributed by atoms with Gasteiger partial charge in [0.15, 0.2) is 0 Å². The number of aromatic nitrogens is 2. The molecule has 1 rings (SSSR count). The summed E-state index contributed by atoms with van der Waals surface area (Å²) in [6.07, 6.45) is 0. The fourth-order valence-corrected chi connectivity index (χ4v) is 1.29. The van der Waals surface area contributed by atoms with E-state index in [1.807, 2.05) is 20.8 Å². The molecule has 1 aromatic heterocycles. The second kappa shape index (κ2) is 4.33. The number of rotatable bonds is 3. The third kappa shape index (κ3) is 2.29. The Hall–Kier alpha value is -1.52. The summed E-state index contributed by atoms with van der Waals surface area (Å²) in [5.74, 6) is 0.0445. The normalized spacial score (nSPS) is 10.4. The summed E-state index contributed by atoms with van der Waals surface area (Å²) in [6, 6.07) is 0. The molecule has 2 N–H and O–H groups in total. The van der Waals surface area contributed by atoms with Crippen molar-refractivity contribution in [3.8, 4) is 0 Å². The smallest absolute Gasteiger partial charge is 0.244 e. The zero-order valence-corrected chi connectivity index (χ0v) is 9.74. The number of nitrogen functional groups attached to an aromatic ring is 1. The molecule has 0 aliphatic heterocycles. The number of carbonyl (C=O) groups excluding carboxylic acids is 1. The molecule has 0 aliphatic carbocycles. The van der Waals surface area contributed by atoms with Gasteiger partial charge in [0.2, 0.25) is 5.91 Å². The van der Waals surface area contributed by atoms with E-state index in [9.17, 15) is 4.79 Å². The van der Waals surface area contributed by atoms with Gasteiger partial charge in [-0.3, -0.25) is 9.48 Å². The Balaban J connectivity index is 2.81. The first-order valence-corrected chi connectivity index (χ1v) is 5.00. The molecular weight excluding hydrogens is 192 g/mol. The molecule has 0 fully saturated rings. The highest BCUT2D eigenvalue weighted by Gasteiger charge is 2.13. The average Bonchev–Trinajstić information content (AvgIpc) is 2.45. The fourth-order valence-electron chi connectivity index (χ4n) is 1.29. The topological polar surface area (TPSA) is 64.2 Å². The van der Waals surface area contributed by atoms with Crippen molar-refractivity contribution in [2.45, 2.75) is 27.3 Å². The number of likely N-dealkylation sites (N-methyl/N-ethyl adjacent to an activating group) is 1. The second-order valence-corrected chi connectivity index (χ2v) is 3.65. The van der Waals surface area contributed by atoms with Crippen LogP contribution in [0.2, 0.25) is 0 Å². The maximum atomic E-state index is 11.6. The first kappa shape index (κ1) is 11.6. The van der Waals surface area contributed by atoms with Gasteiger partial charge in [-0.1, -0.05) is 0 Å². The lowest BCUT2D eigenvalue weighted by atomic mass is 10.3. The van der Waals surface area contributed by atoms with Crippen molar-refractivity contribution in [1.82, 2.24) is 14.7 Å². The lowest BCUT2D eigenvalue weighted by Crippen LogP contribution is -2.30. The molecular formula is C10H18N4O. The SMILES string of the molecule is CCN(C)C(=O)Cn1nc(C)c(N)c1C. The Morgan fingerprint density at radius 3 is 2.53 bits per heavy atom. The molecule has 5 nitrogen and oxygen atoms in total. The predicted molar refractivity (Wildman–Crippen MR) is 59.4 cm³/mol. The van der Waals surface area contributed by atoms with Crippen LogP contribution in [0.3, 0.4) is 0 Å². The third-order valence-corrected chi connectivity index (χ3v) is 2.62. The van der Waals surface area contributed by atoms with Gasteiger partial charge in [0.1, 0.15) is 6.54 Å². The molecule has 0 saturated heterocycles. The lowest BCUT2D eigenvalue weighted by molar-refractivity contribution is -0.130. The molecule has 0 aromatic carbocycles. The molecule has 0 atom stereocenters. The Labute approximate surface area is 89.9 Å². The highest BCUT2D eigenvalue weighted by molar-refractivity contribution is 5.75. The molecule has 0 unspecified atom stereocenters. The Morgan fingerprint density at radius 2 is 2.13 bits per heavy atom. The van der Waals surface area contributed by atoms with Crippen LogP contribution in [-0.4, -0.2) is 34.2 Å². The first-order chi connectivity index (χ1) is 6.97. The average molecular weight is 210 g/mol. The number of nitrogens with zero attached hydrogens (tertiary/aromatic N) is 3. The van der Waals surface area contributed by atoms with Gasteiger partial charge in [-0.2, -0.15) is 5.10 Å². The fraction of sp³-hybridized carbons (Fsp3) is 0.600. The molecule has 0 spiro atoms. The number of aryl methyl sites for hydroxylation is 1. The molecule has 0 aliphatic rings. The van der Waals surface area contributed by atoms with Crippen molar-refractivity contribution in [2.24, 2.45) is 0 Å². The lowest BCUT2D eigenvalue weighted by Gasteiger charge is -2.14. The predicted octanol–water partition coefficient (Wildman–Crippen LogP) is 0.560. The number of amides is 1. The van der Waals surface area contributed by atoms with Gasteiger partial charge in [-0.15, -0.1) is 0 Å². The highest BCUT2D eigenvalue weighted by Crippen LogP contribution is 2.14. The molecule has 1 aromatic rings. The monoisotopic (exact) mass is 210 g/mol. The van der Waals surface area contributed by atoms with Crippen molar-refractivity contribution in [3.63, 3.8) is 0 Å². The van der Waals surface area contributed by atoms with E-state index in [-0.39, 0.29) is 12.5 Å². The molecule has 0 radical (unpaired) electrons. The zero-order valence-electron chi connectivity index (χ0n) is 9.74. The van der Waals surface area contributed by atoms with Gasteiger partial charge in [0.25, 0.3) is 0 Å². The summed E-state index contributed by atoms with van der Waals surface area (Å²) in [7, 11) is 1.78. The van der Waals surface area contributed by atoms with Gasteiger partial charge in [-0.05, 0) is 20.8 Å². The van der Waals surface area contributed by atoms with Gasteiger partial charge in [0, 0.05) is 13.6 Å². The van der Waals surface area contributed by atoms with E-state index < -0.39 is 0 Å². The number of carbonyl (C=O) groups is 1. The van der Waals surface area contributed by atoms with E-state index >= 15 is 0 Å². The summed E-state index contributed by atoms with van der Waals surface area (Å²) >= 11 is 0. The van der Waals surface area contributed by atoms with E-state index in [4.69, 9.17) is 5.73 Å². The van der Waals surface area contributed by atoms with E-state index in [1.165, 1.54) is 0 Å². The number of hydrogen-bond donors (Lipinski definition) is 1. The van der Waals surface area contributed by atoms with E-state index in [0.29, 0.717) is 12.2 Å². The summed E-state index contributed by atoms with van der Waals surface area (Å²) in [5.41, 5.74) is 8.08. The van der Waals surface area contributed by atoms with Gasteiger partial charge in [-0.25, -0.2) is 0 Å². The summed E-state index contributed by atoms with van der Waals surface area (Å²) in [6.45, 7) is 6.61. The van der Waals surface area contributed by atoms with Crippen LogP contribution in [0, 0.1) is 13.8 Å². The maximum Gasteiger partial charge on any atom is 0.244 e. The van der Waals surface area contributed by atoms with Crippen LogP contribution in [0.25, 0.3) is 0 Å². The van der Waals surface area contributed by atoms with Crippen LogP contribution in [0.1, 0.15) is 18.3 Å². The van der Waals surface area contributed by atoms with Crippen LogP contribution in [0.15, 0.2) is 0 Å². The van der Waals surface area contributed by atoms with E-state index in [2.05, 4.69) is 5.10 Å². The minimum absolute atomic E-state index is 0.0445. The third-order valence-electron chi connectivity index (χ3n) is 2.62. The zero-order chi connectivity index (χ0) is 11.6. The Morgan fingerprint density at radius 1 is 1.53 bits per heavy atom. The summed E-state index contributed by atoms with van der Waals surface area (Å²) in [4.78, 5) is 13.3. The van der Waals surface area contributed by atoms with Crippen LogP contribution in [0.5, 0.6) is 0 Å². The van der Waals surface area contributed by atoms with Gasteiger partial charge in [0.05, 0.1) is 17.1 Å². The second-order valence-electron chi connectivity index (χ2n) is 3.65. The number of nitrogens with two attached hydrogens (primary N) is 1. The standard InChI is InChI=1S/C10H18N4O/c1-5-13(4)9(15)6-14-8(3)10(11)7(2)12-14/h5-6,11H2,1-4H3. The minimum atomic E-state index is 0.0445. The van der Waals surface area contributed by atoms with Crippen LogP contribution >= 0.6 is 0 Å². The first-order valence-electron chi connectivity index (χ1n) is 5.00. The molecule has 0 bridgehead atoms. The van der Waals surface area contributed by atoms with Crippen molar-refractivity contribution in [1.29, 1.82) is 0 Å². The van der Waals surface area contributed by atoms with Crippen LogP contribution < -0.4 is 5.73 Å². The number of anilines is 1. The summed E-state index contributed by atoms with van der Waals surface area (Å²) < 4.78 is 1.65. The minimum Gasteiger partial charge on any atom is -0.396 e. The largest absolute Gasteiger partial charge is 0.396 e. The van der Waals surface area contributed by atoms with E-state index in [1.54, 1.807) is 16.6 Å². The van der Waals surface area contributed by atoms with Crippen molar-refractivity contribution in [2.75, 3.05) is 19.3 Å². The van der Waals surface area contributed by atoms with Crippen molar-refractivity contribution >= 4 is 11.6 Å². The Kier molecular flexibility index (Phi) is 3.34.